The van der Waals surface area contributed by atoms with Gasteiger partial charge >= 0.3 is 0 Å². The average molecular weight is 277 g/mol. The van der Waals surface area contributed by atoms with Gasteiger partial charge in [-0.05, 0) is 32.0 Å². The highest BCUT2D eigenvalue weighted by Gasteiger charge is 2.23. The van der Waals surface area contributed by atoms with E-state index in [1.54, 1.807) is 12.1 Å². The van der Waals surface area contributed by atoms with Crippen molar-refractivity contribution in [3.05, 3.63) is 24.3 Å². The molecule has 1 fully saturated rings. The number of anilines is 2. The second-order valence-electron chi connectivity index (χ2n) is 5.41. The summed E-state index contributed by atoms with van der Waals surface area (Å²) in [6, 6.07) is 7.60. The van der Waals surface area contributed by atoms with Crippen LogP contribution in [0.1, 0.15) is 20.3 Å². The second kappa shape index (κ2) is 6.72. The van der Waals surface area contributed by atoms with E-state index in [2.05, 4.69) is 24.1 Å². The maximum absolute atomic E-state index is 11.9. The third-order valence-corrected chi connectivity index (χ3v) is 3.53. The molecular weight excluding hydrogens is 254 g/mol. The fraction of sp³-hybridized carbons (Fsp3) is 0.533. The molecule has 1 aliphatic rings. The highest BCUT2D eigenvalue weighted by Crippen LogP contribution is 2.14. The van der Waals surface area contributed by atoms with Gasteiger partial charge in [-0.25, -0.2) is 0 Å². The molecule has 5 heteroatoms. The quantitative estimate of drug-likeness (QED) is 0.822. The van der Waals surface area contributed by atoms with E-state index in [-0.39, 0.29) is 12.0 Å². The van der Waals surface area contributed by atoms with Crippen LogP contribution in [0, 0.1) is 0 Å². The Hall–Kier alpha value is -1.59. The van der Waals surface area contributed by atoms with Crippen LogP contribution < -0.4 is 11.1 Å². The minimum absolute atomic E-state index is 0.0157. The van der Waals surface area contributed by atoms with Crippen LogP contribution in [-0.4, -0.2) is 42.6 Å². The first-order valence-corrected chi connectivity index (χ1v) is 7.05. The molecule has 2 atom stereocenters. The van der Waals surface area contributed by atoms with Crippen molar-refractivity contribution in [2.75, 3.05) is 30.7 Å². The summed E-state index contributed by atoms with van der Waals surface area (Å²) in [5.74, 6) is 0.0157. The zero-order valence-corrected chi connectivity index (χ0v) is 12.1. The molecule has 1 aromatic rings. The van der Waals surface area contributed by atoms with E-state index >= 15 is 0 Å². The Kier molecular flexibility index (Phi) is 4.98. The van der Waals surface area contributed by atoms with E-state index in [0.29, 0.717) is 18.2 Å². The molecule has 3 N–H and O–H groups in total. The molecule has 0 spiro atoms. The molecule has 20 heavy (non-hydrogen) atoms. The van der Waals surface area contributed by atoms with E-state index in [1.807, 2.05) is 12.1 Å². The smallest absolute Gasteiger partial charge is 0.225 e. The number of nitrogens with one attached hydrogen (secondary N) is 1. The Morgan fingerprint density at radius 1 is 1.50 bits per heavy atom. The third kappa shape index (κ3) is 4.21. The Labute approximate surface area is 120 Å². The number of nitrogen functional groups attached to an aromatic ring is 1. The maximum Gasteiger partial charge on any atom is 0.225 e. The minimum Gasteiger partial charge on any atom is -0.399 e. The first-order valence-electron chi connectivity index (χ1n) is 7.05. The minimum atomic E-state index is 0.0157. The molecule has 2 rings (SSSR count). The molecule has 2 unspecified atom stereocenters. The molecule has 1 aliphatic heterocycles. The van der Waals surface area contributed by atoms with Crippen LogP contribution in [-0.2, 0) is 9.53 Å². The molecule has 110 valence electrons. The molecule has 0 radical (unpaired) electrons. The second-order valence-corrected chi connectivity index (χ2v) is 5.41. The van der Waals surface area contributed by atoms with E-state index in [9.17, 15) is 4.79 Å². The van der Waals surface area contributed by atoms with Crippen molar-refractivity contribution in [1.82, 2.24) is 4.90 Å². The molecular formula is C15H23N3O2. The van der Waals surface area contributed by atoms with Gasteiger partial charge in [0.05, 0.1) is 12.7 Å². The number of amides is 1. The first kappa shape index (κ1) is 14.8. The van der Waals surface area contributed by atoms with Crippen molar-refractivity contribution in [2.45, 2.75) is 32.4 Å². The first-order chi connectivity index (χ1) is 9.54. The molecule has 1 saturated heterocycles. The van der Waals surface area contributed by atoms with E-state index in [0.717, 1.165) is 25.4 Å². The molecule has 5 nitrogen and oxygen atoms in total. The number of nitrogens with two attached hydrogens (primary N) is 1. The van der Waals surface area contributed by atoms with Gasteiger partial charge in [-0.2, -0.15) is 0 Å². The summed E-state index contributed by atoms with van der Waals surface area (Å²) in [6.07, 6.45) is 0.717. The van der Waals surface area contributed by atoms with Crippen molar-refractivity contribution < 1.29 is 9.53 Å². The van der Waals surface area contributed by atoms with Crippen LogP contribution in [0.4, 0.5) is 11.4 Å². The summed E-state index contributed by atoms with van der Waals surface area (Å²) in [7, 11) is 0. The van der Waals surface area contributed by atoms with Crippen LogP contribution in [0.25, 0.3) is 0 Å². The lowest BCUT2D eigenvalue weighted by molar-refractivity contribution is -0.117. The topological polar surface area (TPSA) is 67.6 Å². The van der Waals surface area contributed by atoms with Crippen LogP contribution >= 0.6 is 0 Å². The Bertz CT molecular complexity index is 464. The van der Waals surface area contributed by atoms with Crippen molar-refractivity contribution in [1.29, 1.82) is 0 Å². The van der Waals surface area contributed by atoms with Crippen molar-refractivity contribution in [3.8, 4) is 0 Å². The summed E-state index contributed by atoms with van der Waals surface area (Å²) in [6.45, 7) is 6.56. The van der Waals surface area contributed by atoms with Gasteiger partial charge in [0.15, 0.2) is 0 Å². The van der Waals surface area contributed by atoms with Gasteiger partial charge in [0.1, 0.15) is 0 Å². The number of benzene rings is 1. The van der Waals surface area contributed by atoms with Gasteiger partial charge in [0, 0.05) is 36.9 Å². The zero-order chi connectivity index (χ0) is 14.5. The van der Waals surface area contributed by atoms with Gasteiger partial charge < -0.3 is 15.8 Å². The number of hydrogen-bond donors (Lipinski definition) is 2. The SMILES string of the molecule is CC1CN(CCC(=O)Nc2cccc(N)c2)C(C)CO1. The molecule has 1 aromatic carbocycles. The predicted molar refractivity (Wildman–Crippen MR) is 80.6 cm³/mol. The number of ether oxygens (including phenoxy) is 1. The van der Waals surface area contributed by atoms with Crippen LogP contribution in [0.2, 0.25) is 0 Å². The zero-order valence-electron chi connectivity index (χ0n) is 12.1. The van der Waals surface area contributed by atoms with E-state index in [1.165, 1.54) is 0 Å². The number of nitrogens with zero attached hydrogens (tertiary/aromatic N) is 1. The molecule has 1 amide bonds. The maximum atomic E-state index is 11.9. The Morgan fingerprint density at radius 2 is 2.30 bits per heavy atom. The van der Waals surface area contributed by atoms with Crippen LogP contribution in [0.5, 0.6) is 0 Å². The number of carbonyl (C=O) groups excluding carboxylic acids is 1. The van der Waals surface area contributed by atoms with Gasteiger partial charge in [-0.1, -0.05) is 6.07 Å². The van der Waals surface area contributed by atoms with Crippen LogP contribution in [0.3, 0.4) is 0 Å². The third-order valence-electron chi connectivity index (χ3n) is 3.53. The van der Waals surface area contributed by atoms with Gasteiger partial charge in [0.25, 0.3) is 0 Å². The summed E-state index contributed by atoms with van der Waals surface area (Å²) >= 11 is 0. The number of morpholine rings is 1. The van der Waals surface area contributed by atoms with Gasteiger partial charge in [-0.15, -0.1) is 0 Å². The monoisotopic (exact) mass is 277 g/mol. The van der Waals surface area contributed by atoms with Gasteiger partial charge in [-0.3, -0.25) is 9.69 Å². The lowest BCUT2D eigenvalue weighted by Crippen LogP contribution is -2.48. The number of rotatable bonds is 4. The van der Waals surface area contributed by atoms with Crippen molar-refractivity contribution in [3.63, 3.8) is 0 Å². The van der Waals surface area contributed by atoms with Gasteiger partial charge in [0.2, 0.25) is 5.91 Å². The number of hydrogen-bond acceptors (Lipinski definition) is 4. The highest BCUT2D eigenvalue weighted by molar-refractivity contribution is 5.91. The predicted octanol–water partition coefficient (Wildman–Crippen LogP) is 1.71. The fourth-order valence-corrected chi connectivity index (χ4v) is 2.37. The van der Waals surface area contributed by atoms with E-state index < -0.39 is 0 Å². The summed E-state index contributed by atoms with van der Waals surface area (Å²) in [4.78, 5) is 14.2. The largest absolute Gasteiger partial charge is 0.399 e. The number of carbonyl (C=O) groups is 1. The van der Waals surface area contributed by atoms with Crippen molar-refractivity contribution in [2.24, 2.45) is 0 Å². The Balaban J connectivity index is 1.80. The molecule has 0 saturated carbocycles. The molecule has 1 heterocycles. The van der Waals surface area contributed by atoms with Crippen LogP contribution in [0.15, 0.2) is 24.3 Å². The molecule has 0 aromatic heterocycles. The molecule has 0 aliphatic carbocycles. The normalized spacial score (nSPS) is 23.5. The highest BCUT2D eigenvalue weighted by atomic mass is 16.5. The van der Waals surface area contributed by atoms with E-state index in [4.69, 9.17) is 10.5 Å². The fourth-order valence-electron chi connectivity index (χ4n) is 2.37. The summed E-state index contributed by atoms with van der Waals surface area (Å²) < 4.78 is 5.58. The molecule has 0 bridgehead atoms. The Morgan fingerprint density at radius 3 is 3.05 bits per heavy atom. The lowest BCUT2D eigenvalue weighted by Gasteiger charge is -2.36. The summed E-state index contributed by atoms with van der Waals surface area (Å²) in [5.41, 5.74) is 7.09. The standard InChI is InChI=1S/C15H23N3O2/c1-11-10-20-12(2)9-18(11)7-6-15(19)17-14-5-3-4-13(16)8-14/h3-5,8,11-12H,6-7,9-10,16H2,1-2H3,(H,17,19). The lowest BCUT2D eigenvalue weighted by atomic mass is 10.2. The van der Waals surface area contributed by atoms with Crippen molar-refractivity contribution >= 4 is 17.3 Å². The summed E-state index contributed by atoms with van der Waals surface area (Å²) in [5, 5.41) is 2.87. The average Bonchev–Trinajstić information content (AvgIpc) is 2.40.